The van der Waals surface area contributed by atoms with Gasteiger partial charge < -0.3 is 4.42 Å². The second-order valence-corrected chi connectivity index (χ2v) is 10.4. The number of pyridine rings is 2. The van der Waals surface area contributed by atoms with E-state index in [1.54, 1.807) is 0 Å². The molecule has 41 heavy (non-hydrogen) atoms. The number of benzene rings is 5. The number of para-hydroxylation sites is 2. The zero-order valence-corrected chi connectivity index (χ0v) is 21.9. The molecule has 9 rings (SSSR count). The van der Waals surface area contributed by atoms with E-state index in [-0.39, 0.29) is 0 Å². The van der Waals surface area contributed by atoms with Crippen molar-refractivity contribution in [3.8, 4) is 33.8 Å². The van der Waals surface area contributed by atoms with Gasteiger partial charge in [0, 0.05) is 38.9 Å². The van der Waals surface area contributed by atoms with Crippen LogP contribution in [0, 0.1) is 0 Å². The highest BCUT2D eigenvalue weighted by Gasteiger charge is 2.24. The van der Waals surface area contributed by atoms with Gasteiger partial charge in [-0.3, -0.25) is 4.98 Å². The molecular formula is C37H21N3O. The van der Waals surface area contributed by atoms with E-state index in [9.17, 15) is 0 Å². The van der Waals surface area contributed by atoms with Crippen molar-refractivity contribution in [1.29, 1.82) is 0 Å². The maximum atomic E-state index is 6.72. The van der Waals surface area contributed by atoms with Crippen molar-refractivity contribution in [1.82, 2.24) is 15.0 Å². The molecule has 0 amide bonds. The summed E-state index contributed by atoms with van der Waals surface area (Å²) < 4.78 is 6.72. The largest absolute Gasteiger partial charge is 0.455 e. The van der Waals surface area contributed by atoms with Crippen LogP contribution in [0.2, 0.25) is 0 Å². The lowest BCUT2D eigenvalue weighted by Gasteiger charge is -2.15. The van der Waals surface area contributed by atoms with Crippen LogP contribution in [-0.2, 0) is 0 Å². The predicted molar refractivity (Wildman–Crippen MR) is 167 cm³/mol. The molecule has 2 aliphatic heterocycles. The first kappa shape index (κ1) is 22.2. The van der Waals surface area contributed by atoms with Crippen molar-refractivity contribution in [2.45, 2.75) is 0 Å². The highest BCUT2D eigenvalue weighted by Crippen LogP contribution is 2.46. The summed E-state index contributed by atoms with van der Waals surface area (Å²) in [7, 11) is 0. The summed E-state index contributed by atoms with van der Waals surface area (Å²) in [5.74, 6) is 0.830. The number of fused-ring (bicyclic) bond motifs is 9. The van der Waals surface area contributed by atoms with Crippen LogP contribution in [0.1, 0.15) is 0 Å². The Morgan fingerprint density at radius 3 is 2.05 bits per heavy atom. The second-order valence-electron chi connectivity index (χ2n) is 10.4. The summed E-state index contributed by atoms with van der Waals surface area (Å²) in [6, 6.07) is 41.8. The normalized spacial score (nSPS) is 11.9. The van der Waals surface area contributed by atoms with E-state index in [4.69, 9.17) is 14.4 Å². The Bertz CT molecular complexity index is 2440. The van der Waals surface area contributed by atoms with Crippen LogP contribution >= 0.6 is 0 Å². The van der Waals surface area contributed by atoms with Gasteiger partial charge in [-0.2, -0.15) is 0 Å². The smallest absolute Gasteiger partial charge is 0.145 e. The molecule has 0 N–H and O–H groups in total. The van der Waals surface area contributed by atoms with Gasteiger partial charge in [-0.25, -0.2) is 9.97 Å². The van der Waals surface area contributed by atoms with Crippen molar-refractivity contribution in [3.05, 3.63) is 128 Å². The Labute approximate surface area is 234 Å². The number of rotatable bonds is 2. The summed E-state index contributed by atoms with van der Waals surface area (Å²) in [6.45, 7) is 0. The summed E-state index contributed by atoms with van der Waals surface area (Å²) in [4.78, 5) is 14.9. The molecule has 0 saturated heterocycles. The number of hydrogen-bond acceptors (Lipinski definition) is 4. The van der Waals surface area contributed by atoms with Crippen molar-refractivity contribution < 1.29 is 4.42 Å². The lowest BCUT2D eigenvalue weighted by atomic mass is 9.92. The number of aromatic nitrogens is 3. The van der Waals surface area contributed by atoms with E-state index in [0.717, 1.165) is 88.3 Å². The summed E-state index contributed by atoms with van der Waals surface area (Å²) in [5.41, 5.74) is 8.65. The Morgan fingerprint density at radius 2 is 1.17 bits per heavy atom. The number of hydrogen-bond donors (Lipinski definition) is 0. The lowest BCUT2D eigenvalue weighted by molar-refractivity contribution is 0.622. The van der Waals surface area contributed by atoms with E-state index in [1.165, 1.54) is 0 Å². The monoisotopic (exact) mass is 523 g/mol. The number of nitrogens with zero attached hydrogens (tertiary/aromatic N) is 3. The molecule has 4 nitrogen and oxygen atoms in total. The molecule has 2 aliphatic rings. The minimum absolute atomic E-state index is 0.821. The Hall–Kier alpha value is -5.61. The van der Waals surface area contributed by atoms with E-state index < -0.39 is 0 Å². The van der Waals surface area contributed by atoms with Gasteiger partial charge in [-0.05, 0) is 47.2 Å². The molecule has 190 valence electrons. The molecule has 0 atom stereocenters. The van der Waals surface area contributed by atoms with Crippen LogP contribution in [0.15, 0.2) is 132 Å². The van der Waals surface area contributed by atoms with E-state index in [1.807, 2.05) is 36.5 Å². The van der Waals surface area contributed by atoms with Gasteiger partial charge in [0.1, 0.15) is 11.3 Å². The molecule has 0 radical (unpaired) electrons. The highest BCUT2D eigenvalue weighted by molar-refractivity contribution is 6.14. The second kappa shape index (κ2) is 8.44. The fourth-order valence-corrected chi connectivity index (χ4v) is 6.21. The maximum absolute atomic E-state index is 6.72. The van der Waals surface area contributed by atoms with Gasteiger partial charge in [-0.15, -0.1) is 0 Å². The van der Waals surface area contributed by atoms with Crippen molar-refractivity contribution in [2.24, 2.45) is 0 Å². The maximum Gasteiger partial charge on any atom is 0.145 e. The van der Waals surface area contributed by atoms with E-state index >= 15 is 0 Å². The average Bonchev–Trinajstić information content (AvgIpc) is 3.44. The van der Waals surface area contributed by atoms with Crippen molar-refractivity contribution in [2.75, 3.05) is 0 Å². The van der Waals surface area contributed by atoms with Crippen LogP contribution in [0.4, 0.5) is 0 Å². The van der Waals surface area contributed by atoms with Gasteiger partial charge in [0.05, 0.1) is 33.5 Å². The van der Waals surface area contributed by atoms with E-state index in [0.29, 0.717) is 0 Å². The minimum Gasteiger partial charge on any atom is -0.455 e. The first-order valence-corrected chi connectivity index (χ1v) is 13.7. The summed E-state index contributed by atoms with van der Waals surface area (Å²) in [5, 5.41) is 6.50. The summed E-state index contributed by atoms with van der Waals surface area (Å²) >= 11 is 0. The molecule has 0 spiro atoms. The molecule has 0 aliphatic carbocycles. The van der Waals surface area contributed by atoms with E-state index in [2.05, 4.69) is 96.0 Å². The zero-order chi connectivity index (χ0) is 26.9. The molecule has 2 aromatic heterocycles. The van der Waals surface area contributed by atoms with Gasteiger partial charge >= 0.3 is 0 Å². The van der Waals surface area contributed by atoms with Crippen LogP contribution in [-0.4, -0.2) is 15.0 Å². The zero-order valence-electron chi connectivity index (χ0n) is 21.9. The topological polar surface area (TPSA) is 51.8 Å². The summed E-state index contributed by atoms with van der Waals surface area (Å²) in [6.07, 6.45) is 1.83. The molecule has 4 heteroatoms. The third-order valence-electron chi connectivity index (χ3n) is 8.10. The Kier molecular flexibility index (Phi) is 4.58. The molecule has 0 unspecified atom stereocenters. The minimum atomic E-state index is 0.821. The van der Waals surface area contributed by atoms with Gasteiger partial charge in [0.15, 0.2) is 0 Å². The Morgan fingerprint density at radius 1 is 0.488 bits per heavy atom. The first-order chi connectivity index (χ1) is 20.3. The quantitative estimate of drug-likeness (QED) is 0.212. The molecule has 4 heterocycles. The van der Waals surface area contributed by atoms with Crippen LogP contribution in [0.3, 0.4) is 0 Å². The van der Waals surface area contributed by atoms with Crippen molar-refractivity contribution >= 4 is 54.5 Å². The third kappa shape index (κ3) is 3.25. The fourth-order valence-electron chi connectivity index (χ4n) is 6.21. The average molecular weight is 524 g/mol. The molecular weight excluding hydrogens is 502 g/mol. The Balaban J connectivity index is 1.34. The first-order valence-electron chi connectivity index (χ1n) is 13.7. The third-order valence-corrected chi connectivity index (χ3v) is 8.10. The fraction of sp³-hybridized carbons (Fsp3) is 0. The molecule has 0 saturated carbocycles. The highest BCUT2D eigenvalue weighted by atomic mass is 16.3. The van der Waals surface area contributed by atoms with Crippen LogP contribution < -0.4 is 0 Å². The van der Waals surface area contributed by atoms with Gasteiger partial charge in [0.25, 0.3) is 0 Å². The predicted octanol–water partition coefficient (Wildman–Crippen LogP) is 9.67. The van der Waals surface area contributed by atoms with Crippen LogP contribution in [0.25, 0.3) is 88.3 Å². The van der Waals surface area contributed by atoms with Gasteiger partial charge in [-0.1, -0.05) is 84.9 Å². The van der Waals surface area contributed by atoms with Crippen molar-refractivity contribution in [3.63, 3.8) is 0 Å². The standard InChI is InChI=1S/C37H21N3O/c1-2-10-25-24(9-1)26(31-20-17-23-16-15-22-8-7-21-38-34(22)35(23)39-31)18-19-27(25)37-33-28-11-3-5-13-30(28)40-36(33)29-12-4-6-14-32(29)41-37/h1-21H. The molecule has 0 fully saturated rings. The molecule has 5 aromatic carbocycles. The van der Waals surface area contributed by atoms with Gasteiger partial charge in [0.2, 0.25) is 0 Å². The SMILES string of the molecule is c1cnc2c(c1)ccc1ccc(-c3ccc(-c4oc5ccccc5c5nc6ccccc6c4-5)c4ccccc34)nc12. The van der Waals surface area contributed by atoms with Crippen LogP contribution in [0.5, 0.6) is 0 Å². The molecule has 0 bridgehead atoms. The molecule has 7 aromatic rings. The lowest BCUT2D eigenvalue weighted by Crippen LogP contribution is -1.92.